The smallest absolute Gasteiger partial charge is 0.260 e. The van der Waals surface area contributed by atoms with Crippen molar-refractivity contribution in [3.05, 3.63) is 47.0 Å². The number of likely N-dealkylation sites (N-methyl/N-ethyl adjacent to an activating group) is 1. The predicted molar refractivity (Wildman–Crippen MR) is 135 cm³/mol. The quantitative estimate of drug-likeness (QED) is 0.449. The van der Waals surface area contributed by atoms with Gasteiger partial charge in [-0.15, -0.1) is 0 Å². The summed E-state index contributed by atoms with van der Waals surface area (Å²) in [6, 6.07) is 10.0. The van der Waals surface area contributed by atoms with Crippen LogP contribution in [0.4, 0.5) is 5.13 Å². The normalized spacial score (nSPS) is 12.9. The van der Waals surface area contributed by atoms with Crippen molar-refractivity contribution in [1.29, 1.82) is 0 Å². The Labute approximate surface area is 212 Å². The fourth-order valence-electron chi connectivity index (χ4n) is 4.45. The average molecular weight is 503 g/mol. The molecule has 1 aromatic heterocycles. The minimum Gasteiger partial charge on any atom is -1.00 e. The molecule has 0 bridgehead atoms. The first-order valence-corrected chi connectivity index (χ1v) is 12.6. The number of halogens is 1. The van der Waals surface area contributed by atoms with Gasteiger partial charge < -0.3 is 26.8 Å². The Bertz CT molecular complexity index is 1090. The summed E-state index contributed by atoms with van der Waals surface area (Å²) in [5.41, 5.74) is 4.24. The minimum atomic E-state index is 0. The predicted octanol–water partition coefficient (Wildman–Crippen LogP) is 2.18. The molecule has 1 aliphatic rings. The first kappa shape index (κ1) is 26.3. The summed E-state index contributed by atoms with van der Waals surface area (Å²) < 4.78 is 11.9. The summed E-state index contributed by atoms with van der Waals surface area (Å²) in [4.78, 5) is 22.8. The fraction of sp³-hybridized carbons (Fsp3) is 0.462. The Balaban J connectivity index is 0.00000324. The van der Waals surface area contributed by atoms with Crippen molar-refractivity contribution >= 4 is 32.6 Å². The van der Waals surface area contributed by atoms with E-state index in [2.05, 4.69) is 30.9 Å². The van der Waals surface area contributed by atoms with Gasteiger partial charge >= 0.3 is 0 Å². The van der Waals surface area contributed by atoms with Gasteiger partial charge in [-0.25, -0.2) is 4.98 Å². The van der Waals surface area contributed by atoms with E-state index in [0.717, 1.165) is 48.3 Å². The van der Waals surface area contributed by atoms with E-state index in [9.17, 15) is 4.79 Å². The summed E-state index contributed by atoms with van der Waals surface area (Å²) in [6.45, 7) is 7.58. The number of ether oxygens (including phenoxy) is 2. The Kier molecular flexibility index (Phi) is 9.17. The van der Waals surface area contributed by atoms with Gasteiger partial charge in [-0.3, -0.25) is 9.69 Å². The second-order valence-corrected chi connectivity index (χ2v) is 9.35. The molecule has 3 aromatic rings. The molecular formula is C26H33ClN3O3S-. The molecule has 0 radical (unpaired) electrons. The van der Waals surface area contributed by atoms with Crippen molar-refractivity contribution in [2.45, 2.75) is 39.5 Å². The van der Waals surface area contributed by atoms with E-state index in [1.807, 2.05) is 23.1 Å². The lowest BCUT2D eigenvalue weighted by molar-refractivity contribution is -0.0000149. The van der Waals surface area contributed by atoms with E-state index in [1.54, 1.807) is 14.2 Å². The molecule has 0 unspecified atom stereocenters. The lowest BCUT2D eigenvalue weighted by Gasteiger charge is -2.25. The number of methoxy groups -OCH3 is 2. The molecule has 8 heteroatoms. The Morgan fingerprint density at radius 3 is 2.32 bits per heavy atom. The molecule has 0 aliphatic heterocycles. The van der Waals surface area contributed by atoms with Crippen LogP contribution in [0, 0.1) is 0 Å². The Hall–Kier alpha value is -2.35. The highest BCUT2D eigenvalue weighted by atomic mass is 35.5. The molecule has 0 N–H and O–H groups in total. The number of benzene rings is 2. The molecule has 0 saturated carbocycles. The summed E-state index contributed by atoms with van der Waals surface area (Å²) in [5.74, 6) is 1.31. The lowest BCUT2D eigenvalue weighted by Crippen LogP contribution is -3.00. The van der Waals surface area contributed by atoms with Crippen molar-refractivity contribution in [2.24, 2.45) is 0 Å². The number of carbonyl (C=O) groups is 1. The van der Waals surface area contributed by atoms with Crippen LogP contribution in [0.25, 0.3) is 10.2 Å². The first-order valence-electron chi connectivity index (χ1n) is 11.8. The number of nitrogens with zero attached hydrogens (tertiary/aromatic N) is 3. The van der Waals surface area contributed by atoms with Crippen LogP contribution in [-0.2, 0) is 12.8 Å². The second kappa shape index (κ2) is 11.9. The zero-order valence-electron chi connectivity index (χ0n) is 20.4. The minimum absolute atomic E-state index is 0. The third kappa shape index (κ3) is 5.48. The van der Waals surface area contributed by atoms with Gasteiger partial charge in [-0.1, -0.05) is 31.3 Å². The molecular weight excluding hydrogens is 470 g/mol. The van der Waals surface area contributed by atoms with Gasteiger partial charge in [0.25, 0.3) is 5.91 Å². The van der Waals surface area contributed by atoms with Crippen molar-refractivity contribution in [3.8, 4) is 11.5 Å². The molecule has 6 nitrogen and oxygen atoms in total. The van der Waals surface area contributed by atoms with Gasteiger partial charge in [0, 0.05) is 30.8 Å². The van der Waals surface area contributed by atoms with Gasteiger partial charge in [0.1, 0.15) is 0 Å². The van der Waals surface area contributed by atoms with Gasteiger partial charge in [-0.2, -0.15) is 0 Å². The van der Waals surface area contributed by atoms with Crippen LogP contribution >= 0.6 is 11.3 Å². The van der Waals surface area contributed by atoms with Gasteiger partial charge in [0.15, 0.2) is 16.6 Å². The van der Waals surface area contributed by atoms with E-state index in [1.165, 1.54) is 35.3 Å². The number of rotatable bonds is 9. The highest BCUT2D eigenvalue weighted by Crippen LogP contribution is 2.37. The number of aryl methyl sites for hydroxylation is 2. The summed E-state index contributed by atoms with van der Waals surface area (Å²) in [5, 5.41) is 0.704. The first-order chi connectivity index (χ1) is 16.1. The number of hydrogen-bond donors (Lipinski definition) is 0. The number of amides is 1. The highest BCUT2D eigenvalue weighted by molar-refractivity contribution is 7.22. The Morgan fingerprint density at radius 2 is 1.65 bits per heavy atom. The number of carbonyl (C=O) groups excluding carboxylic acids is 1. The topological polar surface area (TPSA) is 54.9 Å². The molecule has 34 heavy (non-hydrogen) atoms. The third-order valence-electron chi connectivity index (χ3n) is 6.49. The maximum absolute atomic E-state index is 13.8. The van der Waals surface area contributed by atoms with Crippen molar-refractivity contribution in [3.63, 3.8) is 0 Å². The molecule has 0 fully saturated rings. The van der Waals surface area contributed by atoms with Crippen LogP contribution in [-0.4, -0.2) is 56.2 Å². The molecule has 1 aliphatic carbocycles. The van der Waals surface area contributed by atoms with Crippen molar-refractivity contribution in [1.82, 2.24) is 9.88 Å². The van der Waals surface area contributed by atoms with Crippen LogP contribution in [0.2, 0.25) is 0 Å². The number of anilines is 1. The van der Waals surface area contributed by atoms with E-state index >= 15 is 0 Å². The molecule has 4 rings (SSSR count). The lowest BCUT2D eigenvalue weighted by atomic mass is 9.90. The summed E-state index contributed by atoms with van der Waals surface area (Å²) in [6.07, 6.45) is 4.58. The SMILES string of the molecule is CCN(CC)CCN(C(=O)c1ccc2c(c1)CCCC2)c1nc2cc(OC)c(OC)cc2s1.[Cl-]. The van der Waals surface area contributed by atoms with Crippen LogP contribution in [0.5, 0.6) is 11.5 Å². The Morgan fingerprint density at radius 1 is 0.971 bits per heavy atom. The zero-order chi connectivity index (χ0) is 23.4. The van der Waals surface area contributed by atoms with Crippen molar-refractivity contribution in [2.75, 3.05) is 45.3 Å². The van der Waals surface area contributed by atoms with E-state index in [0.29, 0.717) is 23.2 Å². The summed E-state index contributed by atoms with van der Waals surface area (Å²) in [7, 11) is 3.24. The van der Waals surface area contributed by atoms with E-state index < -0.39 is 0 Å². The van der Waals surface area contributed by atoms with Crippen LogP contribution in [0.15, 0.2) is 30.3 Å². The van der Waals surface area contributed by atoms with Crippen molar-refractivity contribution < 1.29 is 26.7 Å². The average Bonchev–Trinajstić information content (AvgIpc) is 3.27. The number of fused-ring (bicyclic) bond motifs is 2. The fourth-order valence-corrected chi connectivity index (χ4v) is 5.45. The monoisotopic (exact) mass is 502 g/mol. The highest BCUT2D eigenvalue weighted by Gasteiger charge is 2.24. The maximum Gasteiger partial charge on any atom is 0.260 e. The van der Waals surface area contributed by atoms with Gasteiger partial charge in [0.2, 0.25) is 0 Å². The molecule has 0 atom stereocenters. The van der Waals surface area contributed by atoms with Crippen LogP contribution in [0.3, 0.4) is 0 Å². The molecule has 0 spiro atoms. The molecule has 2 aromatic carbocycles. The molecule has 1 heterocycles. The van der Waals surface area contributed by atoms with Crippen LogP contribution in [0.1, 0.15) is 48.2 Å². The summed E-state index contributed by atoms with van der Waals surface area (Å²) >= 11 is 1.51. The molecule has 184 valence electrons. The number of thiazole rings is 1. The van der Waals surface area contributed by atoms with E-state index in [4.69, 9.17) is 14.5 Å². The largest absolute Gasteiger partial charge is 1.00 e. The standard InChI is InChI=1S/C26H33N3O3S.ClH/c1-5-28(6-2)13-14-29(25(30)20-12-11-18-9-7-8-10-19(18)15-20)26-27-21-16-22(31-3)23(32-4)17-24(21)33-26;/h11-12,15-17H,5-10,13-14H2,1-4H3;1H/p-1. The van der Waals surface area contributed by atoms with Crippen LogP contribution < -0.4 is 26.8 Å². The molecule has 0 saturated heterocycles. The van der Waals surface area contributed by atoms with Gasteiger partial charge in [-0.05, 0) is 62.0 Å². The maximum atomic E-state index is 13.8. The van der Waals surface area contributed by atoms with Gasteiger partial charge in [0.05, 0.1) is 24.4 Å². The number of hydrogen-bond acceptors (Lipinski definition) is 6. The van der Waals surface area contributed by atoms with E-state index in [-0.39, 0.29) is 18.3 Å². The number of aromatic nitrogens is 1. The third-order valence-corrected chi connectivity index (χ3v) is 7.53. The second-order valence-electron chi connectivity index (χ2n) is 8.35. The molecule has 1 amide bonds. The zero-order valence-corrected chi connectivity index (χ0v) is 22.0.